The van der Waals surface area contributed by atoms with Crippen molar-refractivity contribution in [3.63, 3.8) is 0 Å². The van der Waals surface area contributed by atoms with Crippen molar-refractivity contribution >= 4 is 0 Å². The van der Waals surface area contributed by atoms with Crippen LogP contribution in [0.5, 0.6) is 0 Å². The molecular weight excluding hydrogens is 220 g/mol. The normalized spacial score (nSPS) is 16.3. The molecule has 0 radical (unpaired) electrons. The van der Waals surface area contributed by atoms with E-state index in [1.54, 1.807) is 0 Å². The highest BCUT2D eigenvalue weighted by Crippen LogP contribution is 2.32. The van der Waals surface area contributed by atoms with E-state index in [0.29, 0.717) is 0 Å². The summed E-state index contributed by atoms with van der Waals surface area (Å²) in [6, 6.07) is 8.84. The van der Waals surface area contributed by atoms with Gasteiger partial charge in [-0.05, 0) is 19.4 Å². The molecule has 2 heterocycles. The maximum Gasteiger partial charge on any atom is 0.254 e. The summed E-state index contributed by atoms with van der Waals surface area (Å²) >= 11 is 0. The molecule has 2 nitrogen and oxygen atoms in total. The highest BCUT2D eigenvalue weighted by Gasteiger charge is 2.41. The highest BCUT2D eigenvalue weighted by molar-refractivity contribution is 5.37. The van der Waals surface area contributed by atoms with Gasteiger partial charge in [0.2, 0.25) is 0 Å². The number of rotatable bonds is 0. The summed E-state index contributed by atoms with van der Waals surface area (Å²) in [4.78, 5) is 0. The van der Waals surface area contributed by atoms with Crippen molar-refractivity contribution in [3.8, 4) is 0 Å². The molecule has 0 N–H and O–H groups in total. The summed E-state index contributed by atoms with van der Waals surface area (Å²) in [6.45, 7) is 9.08. The van der Waals surface area contributed by atoms with Crippen LogP contribution >= 0.6 is 0 Å². The van der Waals surface area contributed by atoms with Crippen LogP contribution in [0.25, 0.3) is 0 Å². The van der Waals surface area contributed by atoms with Gasteiger partial charge in [-0.2, -0.15) is 0 Å². The molecule has 1 aliphatic rings. The lowest BCUT2D eigenvalue weighted by Crippen LogP contribution is -2.59. The quantitative estimate of drug-likeness (QED) is 0.627. The number of imidazole rings is 1. The smallest absolute Gasteiger partial charge is 0.234 e. The third-order valence-electron chi connectivity index (χ3n) is 4.59. The van der Waals surface area contributed by atoms with Gasteiger partial charge in [-0.25, -0.2) is 9.13 Å². The van der Waals surface area contributed by atoms with Crippen molar-refractivity contribution in [1.29, 1.82) is 0 Å². The maximum atomic E-state index is 2.50. The van der Waals surface area contributed by atoms with Gasteiger partial charge in [-0.15, -0.1) is 0 Å². The van der Waals surface area contributed by atoms with Crippen molar-refractivity contribution in [3.05, 3.63) is 52.6 Å². The minimum absolute atomic E-state index is 0.0419. The Balaban J connectivity index is 2.35. The Bertz CT molecular complexity index is 633. The SMILES string of the molecule is Cc1c2[n+](c(C)n1C)C(C)(C)c1ccccc1C2. The van der Waals surface area contributed by atoms with E-state index in [2.05, 4.69) is 68.1 Å². The molecule has 0 fully saturated rings. The average molecular weight is 241 g/mol. The average Bonchev–Trinajstić information content (AvgIpc) is 2.55. The van der Waals surface area contributed by atoms with Gasteiger partial charge in [0.1, 0.15) is 11.2 Å². The molecule has 0 saturated heterocycles. The van der Waals surface area contributed by atoms with Crippen LogP contribution in [0.4, 0.5) is 0 Å². The van der Waals surface area contributed by atoms with Crippen molar-refractivity contribution in [2.45, 2.75) is 39.7 Å². The van der Waals surface area contributed by atoms with Gasteiger partial charge in [0, 0.05) is 25.8 Å². The van der Waals surface area contributed by atoms with Crippen LogP contribution in [0.15, 0.2) is 24.3 Å². The number of fused-ring (bicyclic) bond motifs is 2. The monoisotopic (exact) mass is 241 g/mol. The van der Waals surface area contributed by atoms with Crippen LogP contribution in [0.3, 0.4) is 0 Å². The summed E-state index contributed by atoms with van der Waals surface area (Å²) in [5, 5.41) is 0. The molecule has 1 aromatic carbocycles. The molecule has 0 atom stereocenters. The molecule has 94 valence electrons. The summed E-state index contributed by atoms with van der Waals surface area (Å²) in [5.41, 5.74) is 5.81. The Morgan fingerprint density at radius 3 is 2.56 bits per heavy atom. The van der Waals surface area contributed by atoms with Crippen molar-refractivity contribution in [2.75, 3.05) is 0 Å². The largest absolute Gasteiger partial charge is 0.254 e. The second-order valence-corrected chi connectivity index (χ2v) is 5.87. The van der Waals surface area contributed by atoms with E-state index in [4.69, 9.17) is 0 Å². The minimum atomic E-state index is 0.0419. The molecule has 3 rings (SSSR count). The molecule has 1 aliphatic heterocycles. The zero-order chi connectivity index (χ0) is 13.1. The third kappa shape index (κ3) is 1.26. The zero-order valence-electron chi connectivity index (χ0n) is 11.9. The number of aromatic nitrogens is 2. The fourth-order valence-corrected chi connectivity index (χ4v) is 3.46. The molecule has 0 saturated carbocycles. The van der Waals surface area contributed by atoms with Crippen molar-refractivity contribution < 1.29 is 4.57 Å². The first-order chi connectivity index (χ1) is 8.44. The summed E-state index contributed by atoms with van der Waals surface area (Å²) in [6.07, 6.45) is 1.05. The predicted octanol–water partition coefficient (Wildman–Crippen LogP) is 2.62. The lowest BCUT2D eigenvalue weighted by atomic mass is 9.84. The van der Waals surface area contributed by atoms with Gasteiger partial charge in [0.05, 0.1) is 7.05 Å². The topological polar surface area (TPSA) is 8.81 Å². The molecule has 0 unspecified atom stereocenters. The van der Waals surface area contributed by atoms with Gasteiger partial charge in [-0.3, -0.25) is 0 Å². The molecule has 1 aromatic heterocycles. The van der Waals surface area contributed by atoms with E-state index >= 15 is 0 Å². The first-order valence-electron chi connectivity index (χ1n) is 6.60. The maximum absolute atomic E-state index is 2.50. The van der Waals surface area contributed by atoms with Gasteiger partial charge >= 0.3 is 0 Å². The molecule has 2 aromatic rings. The second kappa shape index (κ2) is 3.47. The van der Waals surface area contributed by atoms with Gasteiger partial charge in [-0.1, -0.05) is 24.3 Å². The predicted molar refractivity (Wildman–Crippen MR) is 72.8 cm³/mol. The number of hydrogen-bond acceptors (Lipinski definition) is 0. The standard InChI is InChI=1S/C16H21N2/c1-11-15-10-13-8-6-7-9-14(13)16(3,4)18(15)12(2)17(11)5/h6-9H,10H2,1-5H3/q+1. The van der Waals surface area contributed by atoms with E-state index in [9.17, 15) is 0 Å². The van der Waals surface area contributed by atoms with Crippen LogP contribution in [0, 0.1) is 13.8 Å². The van der Waals surface area contributed by atoms with Crippen molar-refractivity contribution in [1.82, 2.24) is 4.57 Å². The Hall–Kier alpha value is -1.57. The lowest BCUT2D eigenvalue weighted by Gasteiger charge is -2.31. The van der Waals surface area contributed by atoms with Crippen LogP contribution < -0.4 is 4.57 Å². The van der Waals surface area contributed by atoms with E-state index in [-0.39, 0.29) is 5.54 Å². The third-order valence-corrected chi connectivity index (χ3v) is 4.59. The number of hydrogen-bond donors (Lipinski definition) is 0. The molecular formula is C16H21N2+. The van der Waals surface area contributed by atoms with Gasteiger partial charge in [0.15, 0.2) is 5.69 Å². The fourth-order valence-electron chi connectivity index (χ4n) is 3.46. The van der Waals surface area contributed by atoms with Gasteiger partial charge < -0.3 is 0 Å². The minimum Gasteiger partial charge on any atom is -0.234 e. The second-order valence-electron chi connectivity index (χ2n) is 5.87. The first kappa shape index (κ1) is 11.5. The van der Waals surface area contributed by atoms with Crippen LogP contribution in [0.1, 0.15) is 42.2 Å². The zero-order valence-corrected chi connectivity index (χ0v) is 11.9. The summed E-state index contributed by atoms with van der Waals surface area (Å²) in [7, 11) is 2.16. The molecule has 2 heteroatoms. The van der Waals surface area contributed by atoms with E-state index < -0.39 is 0 Å². The molecule has 18 heavy (non-hydrogen) atoms. The van der Waals surface area contributed by atoms with Crippen molar-refractivity contribution in [2.24, 2.45) is 7.05 Å². The van der Waals surface area contributed by atoms with Crippen LogP contribution in [-0.4, -0.2) is 4.57 Å². The molecule has 0 spiro atoms. The highest BCUT2D eigenvalue weighted by atomic mass is 15.2. The Morgan fingerprint density at radius 2 is 1.83 bits per heavy atom. The number of nitrogens with zero attached hydrogens (tertiary/aromatic N) is 2. The Kier molecular flexibility index (Phi) is 2.22. The Morgan fingerprint density at radius 1 is 1.17 bits per heavy atom. The van der Waals surface area contributed by atoms with E-state index in [1.807, 2.05) is 0 Å². The molecule has 0 amide bonds. The van der Waals surface area contributed by atoms with Crippen LogP contribution in [0.2, 0.25) is 0 Å². The lowest BCUT2D eigenvalue weighted by molar-refractivity contribution is -0.760. The van der Waals surface area contributed by atoms with E-state index in [0.717, 1.165) is 6.42 Å². The van der Waals surface area contributed by atoms with E-state index in [1.165, 1.54) is 28.3 Å². The first-order valence-corrected chi connectivity index (χ1v) is 6.60. The van der Waals surface area contributed by atoms with Crippen LogP contribution in [-0.2, 0) is 19.0 Å². The number of benzene rings is 1. The van der Waals surface area contributed by atoms with Gasteiger partial charge in [0.25, 0.3) is 5.82 Å². The Labute approximate surface area is 109 Å². The summed E-state index contributed by atoms with van der Waals surface area (Å²) < 4.78 is 4.81. The molecule has 0 bridgehead atoms. The fraction of sp³-hybridized carbons (Fsp3) is 0.438. The summed E-state index contributed by atoms with van der Waals surface area (Å²) in [5.74, 6) is 1.34. The molecule has 0 aliphatic carbocycles.